The van der Waals surface area contributed by atoms with Crippen molar-refractivity contribution in [1.29, 1.82) is 0 Å². The molecular weight excluding hydrogens is 454 g/mol. The van der Waals surface area contributed by atoms with E-state index in [4.69, 9.17) is 0 Å². The first kappa shape index (κ1) is 26.7. The van der Waals surface area contributed by atoms with E-state index in [1.807, 2.05) is 0 Å². The Labute approximate surface area is 202 Å². The standard InChI is InChI=1S/C24H27N5O6/c1-15(29-20(31)14-28-23(34)17-6-4-3-5-7-17)21(32)27-13-19(30)24(35)26-12-16-8-10-18(11-9-16)22(33)25-2/h3-11,15H,12-14H2,1-2H3,(H,25,33)(H,26,35)(H,27,32)(H,28,34)(H,29,31)/t15-/m0/s1. The summed E-state index contributed by atoms with van der Waals surface area (Å²) in [5.74, 6) is -3.69. The third-order valence-corrected chi connectivity index (χ3v) is 4.79. The molecule has 2 aromatic carbocycles. The van der Waals surface area contributed by atoms with Crippen LogP contribution in [-0.4, -0.2) is 61.5 Å². The summed E-state index contributed by atoms with van der Waals surface area (Å²) in [6, 6.07) is 13.8. The predicted molar refractivity (Wildman–Crippen MR) is 126 cm³/mol. The number of carbonyl (C=O) groups excluding carboxylic acids is 6. The van der Waals surface area contributed by atoms with Crippen LogP contribution in [0.5, 0.6) is 0 Å². The van der Waals surface area contributed by atoms with E-state index in [1.54, 1.807) is 54.6 Å². The van der Waals surface area contributed by atoms with Gasteiger partial charge < -0.3 is 26.6 Å². The Morgan fingerprint density at radius 3 is 2.00 bits per heavy atom. The van der Waals surface area contributed by atoms with Crippen LogP contribution >= 0.6 is 0 Å². The number of hydrogen-bond acceptors (Lipinski definition) is 6. The highest BCUT2D eigenvalue weighted by Gasteiger charge is 2.19. The van der Waals surface area contributed by atoms with Gasteiger partial charge >= 0.3 is 0 Å². The van der Waals surface area contributed by atoms with Crippen molar-refractivity contribution in [3.63, 3.8) is 0 Å². The third-order valence-electron chi connectivity index (χ3n) is 4.79. The molecule has 5 amide bonds. The minimum Gasteiger partial charge on any atom is -0.355 e. The average Bonchev–Trinajstić information content (AvgIpc) is 2.88. The Hall–Kier alpha value is -4.54. The summed E-state index contributed by atoms with van der Waals surface area (Å²) in [6.45, 7) is 0.578. The van der Waals surface area contributed by atoms with Crippen LogP contribution in [0, 0.1) is 0 Å². The normalized spacial score (nSPS) is 10.9. The molecule has 0 heterocycles. The lowest BCUT2D eigenvalue weighted by Gasteiger charge is -2.14. The molecule has 0 saturated heterocycles. The Morgan fingerprint density at radius 2 is 1.37 bits per heavy atom. The zero-order valence-corrected chi connectivity index (χ0v) is 19.3. The van der Waals surface area contributed by atoms with Crippen molar-refractivity contribution >= 4 is 35.3 Å². The minimum absolute atomic E-state index is 0.0632. The van der Waals surface area contributed by atoms with Crippen LogP contribution in [0.1, 0.15) is 33.2 Å². The summed E-state index contributed by atoms with van der Waals surface area (Å²) >= 11 is 0. The lowest BCUT2D eigenvalue weighted by atomic mass is 10.1. The number of carbonyl (C=O) groups is 6. The molecule has 0 aliphatic heterocycles. The molecule has 35 heavy (non-hydrogen) atoms. The van der Waals surface area contributed by atoms with Gasteiger partial charge in [-0.3, -0.25) is 28.8 Å². The fourth-order valence-electron chi connectivity index (χ4n) is 2.81. The quantitative estimate of drug-likeness (QED) is 0.266. The third kappa shape index (κ3) is 8.72. The summed E-state index contributed by atoms with van der Waals surface area (Å²) in [6.07, 6.45) is 0. The molecular formula is C24H27N5O6. The van der Waals surface area contributed by atoms with Gasteiger partial charge in [-0.1, -0.05) is 30.3 Å². The molecule has 1 atom stereocenters. The number of ketones is 1. The van der Waals surface area contributed by atoms with E-state index in [1.165, 1.54) is 14.0 Å². The Morgan fingerprint density at radius 1 is 0.743 bits per heavy atom. The number of hydrogen-bond donors (Lipinski definition) is 5. The number of benzene rings is 2. The maximum Gasteiger partial charge on any atom is 0.289 e. The highest BCUT2D eigenvalue weighted by atomic mass is 16.2. The van der Waals surface area contributed by atoms with Crippen molar-refractivity contribution in [2.45, 2.75) is 19.5 Å². The smallest absolute Gasteiger partial charge is 0.289 e. The summed E-state index contributed by atoms with van der Waals surface area (Å²) in [5, 5.41) is 12.1. The van der Waals surface area contributed by atoms with Gasteiger partial charge in [-0.15, -0.1) is 0 Å². The van der Waals surface area contributed by atoms with Gasteiger partial charge in [0.2, 0.25) is 17.6 Å². The van der Waals surface area contributed by atoms with Crippen molar-refractivity contribution < 1.29 is 28.8 Å². The van der Waals surface area contributed by atoms with E-state index in [0.717, 1.165) is 0 Å². The SMILES string of the molecule is CNC(=O)c1ccc(CNC(=O)C(=O)CNC(=O)[C@H](C)NC(=O)CNC(=O)c2ccccc2)cc1. The Balaban J connectivity index is 1.69. The Kier molecular flexibility index (Phi) is 10.1. The van der Waals surface area contributed by atoms with Crippen LogP contribution in [0.3, 0.4) is 0 Å². The fourth-order valence-corrected chi connectivity index (χ4v) is 2.81. The van der Waals surface area contributed by atoms with Crippen molar-refractivity contribution in [3.05, 3.63) is 71.3 Å². The summed E-state index contributed by atoms with van der Waals surface area (Å²) in [5.41, 5.74) is 1.53. The molecule has 0 saturated carbocycles. The minimum atomic E-state index is -0.995. The molecule has 0 spiro atoms. The Bertz CT molecular complexity index is 1090. The van der Waals surface area contributed by atoms with Gasteiger partial charge in [-0.25, -0.2) is 0 Å². The van der Waals surface area contributed by atoms with Crippen LogP contribution in [0.15, 0.2) is 54.6 Å². The molecule has 11 heteroatoms. The van der Waals surface area contributed by atoms with E-state index < -0.39 is 42.0 Å². The van der Waals surface area contributed by atoms with Crippen molar-refractivity contribution in [3.8, 4) is 0 Å². The molecule has 0 bridgehead atoms. The molecule has 0 aliphatic carbocycles. The van der Waals surface area contributed by atoms with E-state index >= 15 is 0 Å². The molecule has 5 N–H and O–H groups in total. The highest BCUT2D eigenvalue weighted by molar-refractivity contribution is 6.37. The van der Waals surface area contributed by atoms with Gasteiger partial charge in [-0.2, -0.15) is 0 Å². The first-order valence-corrected chi connectivity index (χ1v) is 10.7. The van der Waals surface area contributed by atoms with Crippen molar-refractivity contribution in [2.75, 3.05) is 20.1 Å². The van der Waals surface area contributed by atoms with Crippen LogP contribution in [0.2, 0.25) is 0 Å². The lowest BCUT2D eigenvalue weighted by molar-refractivity contribution is -0.138. The van der Waals surface area contributed by atoms with E-state index in [-0.39, 0.29) is 19.0 Å². The second kappa shape index (κ2) is 13.2. The highest BCUT2D eigenvalue weighted by Crippen LogP contribution is 2.04. The van der Waals surface area contributed by atoms with E-state index in [9.17, 15) is 28.8 Å². The predicted octanol–water partition coefficient (Wildman–Crippen LogP) is -0.718. The zero-order chi connectivity index (χ0) is 25.8. The number of rotatable bonds is 11. The fraction of sp³-hybridized carbons (Fsp3) is 0.250. The van der Waals surface area contributed by atoms with Crippen molar-refractivity contribution in [2.24, 2.45) is 0 Å². The first-order chi connectivity index (χ1) is 16.7. The van der Waals surface area contributed by atoms with Gasteiger partial charge in [0, 0.05) is 24.7 Å². The molecule has 2 aromatic rings. The van der Waals surface area contributed by atoms with Gasteiger partial charge in [-0.05, 0) is 36.8 Å². The van der Waals surface area contributed by atoms with Crippen LogP contribution in [0.25, 0.3) is 0 Å². The number of amides is 5. The van der Waals surface area contributed by atoms with Crippen LogP contribution in [-0.2, 0) is 25.7 Å². The van der Waals surface area contributed by atoms with E-state index in [2.05, 4.69) is 26.6 Å². The monoisotopic (exact) mass is 481 g/mol. The van der Waals surface area contributed by atoms with Gasteiger partial charge in [0.05, 0.1) is 13.1 Å². The van der Waals surface area contributed by atoms with Crippen molar-refractivity contribution in [1.82, 2.24) is 26.6 Å². The molecule has 184 valence electrons. The van der Waals surface area contributed by atoms with Gasteiger partial charge in [0.25, 0.3) is 17.7 Å². The molecule has 0 fully saturated rings. The van der Waals surface area contributed by atoms with Gasteiger partial charge in [0.15, 0.2) is 0 Å². The summed E-state index contributed by atoms with van der Waals surface area (Å²) in [4.78, 5) is 71.5. The molecule has 0 aliphatic rings. The molecule has 0 radical (unpaired) electrons. The second-order valence-electron chi connectivity index (χ2n) is 7.44. The zero-order valence-electron chi connectivity index (χ0n) is 19.3. The number of Topliss-reactive ketones (excluding diaryl/α,β-unsaturated/α-hetero) is 1. The largest absolute Gasteiger partial charge is 0.355 e. The molecule has 0 unspecified atom stereocenters. The van der Waals surface area contributed by atoms with Crippen LogP contribution in [0.4, 0.5) is 0 Å². The lowest BCUT2D eigenvalue weighted by Crippen LogP contribution is -2.49. The summed E-state index contributed by atoms with van der Waals surface area (Å²) < 4.78 is 0. The second-order valence-corrected chi connectivity index (χ2v) is 7.44. The first-order valence-electron chi connectivity index (χ1n) is 10.7. The molecule has 2 rings (SSSR count). The molecule has 0 aromatic heterocycles. The van der Waals surface area contributed by atoms with Crippen LogP contribution < -0.4 is 26.6 Å². The molecule has 11 nitrogen and oxygen atoms in total. The number of nitrogens with one attached hydrogen (secondary N) is 5. The summed E-state index contributed by atoms with van der Waals surface area (Å²) in [7, 11) is 1.52. The average molecular weight is 482 g/mol. The maximum atomic E-state index is 12.1. The van der Waals surface area contributed by atoms with E-state index in [0.29, 0.717) is 16.7 Å². The maximum absolute atomic E-state index is 12.1. The topological polar surface area (TPSA) is 163 Å². The van der Waals surface area contributed by atoms with Gasteiger partial charge in [0.1, 0.15) is 6.04 Å².